The second kappa shape index (κ2) is 5.57. The van der Waals surface area contributed by atoms with Crippen LogP contribution in [0.5, 0.6) is 0 Å². The Morgan fingerprint density at radius 3 is 2.89 bits per heavy atom. The summed E-state index contributed by atoms with van der Waals surface area (Å²) in [5, 5.41) is 3.35. The van der Waals surface area contributed by atoms with Gasteiger partial charge in [0, 0.05) is 19.2 Å². The van der Waals surface area contributed by atoms with Crippen LogP contribution in [0.4, 0.5) is 0 Å². The Morgan fingerprint density at radius 1 is 1.44 bits per heavy atom. The Kier molecular flexibility index (Phi) is 4.28. The molecule has 18 heavy (non-hydrogen) atoms. The lowest BCUT2D eigenvalue weighted by Gasteiger charge is -2.39. The molecular formula is C14H26N2O2. The van der Waals surface area contributed by atoms with E-state index < -0.39 is 0 Å². The zero-order valence-corrected chi connectivity index (χ0v) is 11.9. The van der Waals surface area contributed by atoms with E-state index >= 15 is 0 Å². The van der Waals surface area contributed by atoms with Crippen LogP contribution in [0.3, 0.4) is 0 Å². The summed E-state index contributed by atoms with van der Waals surface area (Å²) >= 11 is 0. The van der Waals surface area contributed by atoms with Crippen LogP contribution in [0.25, 0.3) is 0 Å². The molecule has 104 valence electrons. The third kappa shape index (κ3) is 3.04. The Bertz CT molecular complexity index is 304. The van der Waals surface area contributed by atoms with Gasteiger partial charge in [-0.15, -0.1) is 0 Å². The van der Waals surface area contributed by atoms with Gasteiger partial charge in [-0.2, -0.15) is 0 Å². The Hall–Kier alpha value is -0.610. The standard InChI is InChI=1S/C14H26N2O2/c1-4-7-15-12-5-8-16(13(12)17)11-6-9-18-14(2,3)10-11/h11-12,15H,4-10H2,1-3H3. The van der Waals surface area contributed by atoms with Gasteiger partial charge in [0.25, 0.3) is 0 Å². The van der Waals surface area contributed by atoms with Crippen molar-refractivity contribution in [3.05, 3.63) is 0 Å². The molecule has 2 saturated heterocycles. The fourth-order valence-electron chi connectivity index (χ4n) is 3.04. The van der Waals surface area contributed by atoms with E-state index in [4.69, 9.17) is 4.74 Å². The summed E-state index contributed by atoms with van der Waals surface area (Å²) in [5.74, 6) is 0.297. The average molecular weight is 254 g/mol. The molecule has 0 bridgehead atoms. The Morgan fingerprint density at radius 2 is 2.22 bits per heavy atom. The summed E-state index contributed by atoms with van der Waals surface area (Å²) in [6, 6.07) is 0.422. The molecule has 2 aliphatic rings. The maximum atomic E-state index is 12.3. The van der Waals surface area contributed by atoms with Crippen molar-refractivity contribution < 1.29 is 9.53 Å². The first-order valence-corrected chi connectivity index (χ1v) is 7.21. The lowest BCUT2D eigenvalue weighted by atomic mass is 9.93. The first-order valence-electron chi connectivity index (χ1n) is 7.21. The van der Waals surface area contributed by atoms with Crippen LogP contribution in [-0.2, 0) is 9.53 Å². The van der Waals surface area contributed by atoms with Crippen molar-refractivity contribution in [3.63, 3.8) is 0 Å². The highest BCUT2D eigenvalue weighted by Crippen LogP contribution is 2.29. The summed E-state index contributed by atoms with van der Waals surface area (Å²) in [6.07, 6.45) is 3.97. The number of ether oxygens (including phenoxy) is 1. The number of rotatable bonds is 4. The predicted molar refractivity (Wildman–Crippen MR) is 71.5 cm³/mol. The highest BCUT2D eigenvalue weighted by atomic mass is 16.5. The van der Waals surface area contributed by atoms with E-state index in [0.717, 1.165) is 45.4 Å². The van der Waals surface area contributed by atoms with Crippen LogP contribution >= 0.6 is 0 Å². The lowest BCUT2D eigenvalue weighted by Crippen LogP contribution is -2.49. The van der Waals surface area contributed by atoms with E-state index in [2.05, 4.69) is 31.0 Å². The zero-order chi connectivity index (χ0) is 13.2. The molecule has 2 rings (SSSR count). The van der Waals surface area contributed by atoms with E-state index in [1.165, 1.54) is 0 Å². The fourth-order valence-corrected chi connectivity index (χ4v) is 3.04. The second-order valence-electron chi connectivity index (χ2n) is 6.08. The van der Waals surface area contributed by atoms with Crippen LogP contribution < -0.4 is 5.32 Å². The normalized spacial score (nSPS) is 31.9. The molecule has 0 aromatic carbocycles. The van der Waals surface area contributed by atoms with Crippen LogP contribution in [-0.4, -0.2) is 48.2 Å². The van der Waals surface area contributed by atoms with Crippen molar-refractivity contribution in [1.82, 2.24) is 10.2 Å². The topological polar surface area (TPSA) is 41.6 Å². The van der Waals surface area contributed by atoms with Gasteiger partial charge in [-0.25, -0.2) is 0 Å². The maximum Gasteiger partial charge on any atom is 0.240 e. The molecule has 0 spiro atoms. The van der Waals surface area contributed by atoms with Gasteiger partial charge in [0.1, 0.15) is 0 Å². The molecule has 1 amide bonds. The minimum atomic E-state index is -0.0852. The molecule has 0 radical (unpaired) electrons. The average Bonchev–Trinajstić information content (AvgIpc) is 2.67. The smallest absolute Gasteiger partial charge is 0.240 e. The van der Waals surface area contributed by atoms with E-state index in [-0.39, 0.29) is 11.6 Å². The number of nitrogens with one attached hydrogen (secondary N) is 1. The van der Waals surface area contributed by atoms with Crippen molar-refractivity contribution in [1.29, 1.82) is 0 Å². The van der Waals surface area contributed by atoms with Crippen LogP contribution in [0, 0.1) is 0 Å². The molecule has 2 heterocycles. The molecule has 4 nitrogen and oxygen atoms in total. The first kappa shape index (κ1) is 13.8. The third-order valence-corrected chi connectivity index (χ3v) is 3.99. The highest BCUT2D eigenvalue weighted by Gasteiger charge is 2.39. The van der Waals surface area contributed by atoms with Gasteiger partial charge in [0.15, 0.2) is 0 Å². The molecule has 2 atom stereocenters. The van der Waals surface area contributed by atoms with Gasteiger partial charge in [-0.3, -0.25) is 4.79 Å². The SMILES string of the molecule is CCCNC1CCN(C2CCOC(C)(C)C2)C1=O. The molecule has 2 unspecified atom stereocenters. The number of hydrogen-bond acceptors (Lipinski definition) is 3. The van der Waals surface area contributed by atoms with E-state index in [9.17, 15) is 4.79 Å². The molecular weight excluding hydrogens is 228 g/mol. The van der Waals surface area contributed by atoms with Crippen molar-refractivity contribution >= 4 is 5.91 Å². The quantitative estimate of drug-likeness (QED) is 0.827. The van der Waals surface area contributed by atoms with Crippen molar-refractivity contribution in [2.45, 2.75) is 64.1 Å². The second-order valence-corrected chi connectivity index (χ2v) is 6.08. The van der Waals surface area contributed by atoms with Crippen LogP contribution in [0.2, 0.25) is 0 Å². The van der Waals surface area contributed by atoms with Gasteiger partial charge < -0.3 is 15.0 Å². The molecule has 0 aromatic heterocycles. The number of nitrogens with zero attached hydrogens (tertiary/aromatic N) is 1. The minimum absolute atomic E-state index is 0.0518. The summed E-state index contributed by atoms with van der Waals surface area (Å²) in [5.41, 5.74) is -0.0852. The minimum Gasteiger partial charge on any atom is -0.375 e. The number of hydrogen-bond donors (Lipinski definition) is 1. The molecule has 4 heteroatoms. The van der Waals surface area contributed by atoms with E-state index in [0.29, 0.717) is 11.9 Å². The molecule has 0 aliphatic carbocycles. The predicted octanol–water partition coefficient (Wildman–Crippen LogP) is 1.54. The number of carbonyl (C=O) groups excluding carboxylic acids is 1. The molecule has 0 saturated carbocycles. The third-order valence-electron chi connectivity index (χ3n) is 3.99. The Balaban J connectivity index is 1.92. The van der Waals surface area contributed by atoms with Crippen molar-refractivity contribution in [2.75, 3.05) is 19.7 Å². The van der Waals surface area contributed by atoms with Gasteiger partial charge in [-0.05, 0) is 46.1 Å². The zero-order valence-electron chi connectivity index (χ0n) is 11.9. The molecule has 2 fully saturated rings. The molecule has 2 aliphatic heterocycles. The number of amides is 1. The van der Waals surface area contributed by atoms with Crippen molar-refractivity contribution in [3.8, 4) is 0 Å². The summed E-state index contributed by atoms with van der Waals surface area (Å²) in [6.45, 7) is 8.98. The summed E-state index contributed by atoms with van der Waals surface area (Å²) < 4.78 is 5.73. The fraction of sp³-hybridized carbons (Fsp3) is 0.929. The number of carbonyl (C=O) groups is 1. The molecule has 1 N–H and O–H groups in total. The molecule has 0 aromatic rings. The van der Waals surface area contributed by atoms with E-state index in [1.54, 1.807) is 0 Å². The first-order chi connectivity index (χ1) is 8.53. The van der Waals surface area contributed by atoms with Crippen LogP contribution in [0.15, 0.2) is 0 Å². The van der Waals surface area contributed by atoms with Crippen molar-refractivity contribution in [2.24, 2.45) is 0 Å². The lowest BCUT2D eigenvalue weighted by molar-refractivity contribution is -0.137. The van der Waals surface area contributed by atoms with Gasteiger partial charge >= 0.3 is 0 Å². The summed E-state index contributed by atoms with van der Waals surface area (Å²) in [7, 11) is 0. The highest BCUT2D eigenvalue weighted by molar-refractivity contribution is 5.84. The van der Waals surface area contributed by atoms with Gasteiger partial charge in [-0.1, -0.05) is 6.92 Å². The van der Waals surface area contributed by atoms with Gasteiger partial charge in [0.2, 0.25) is 5.91 Å². The van der Waals surface area contributed by atoms with Crippen LogP contribution in [0.1, 0.15) is 46.5 Å². The Labute approximate surface area is 110 Å². The largest absolute Gasteiger partial charge is 0.375 e. The van der Waals surface area contributed by atoms with E-state index in [1.807, 2.05) is 0 Å². The maximum absolute atomic E-state index is 12.3. The number of likely N-dealkylation sites (tertiary alicyclic amines) is 1. The van der Waals surface area contributed by atoms with Gasteiger partial charge in [0.05, 0.1) is 11.6 Å². The monoisotopic (exact) mass is 254 g/mol. The summed E-state index contributed by atoms with van der Waals surface area (Å²) in [4.78, 5) is 14.4.